The predicted octanol–water partition coefficient (Wildman–Crippen LogP) is 3.03. The molecule has 0 aromatic heterocycles. The van der Waals surface area contributed by atoms with Gasteiger partial charge in [-0.25, -0.2) is 0 Å². The summed E-state index contributed by atoms with van der Waals surface area (Å²) < 4.78 is 0. The van der Waals surface area contributed by atoms with Crippen molar-refractivity contribution in [2.75, 3.05) is 20.1 Å². The first-order valence-electron chi connectivity index (χ1n) is 7.91. The van der Waals surface area contributed by atoms with Gasteiger partial charge in [0.2, 0.25) is 0 Å². The Morgan fingerprint density at radius 1 is 1.29 bits per heavy atom. The van der Waals surface area contributed by atoms with E-state index in [9.17, 15) is 0 Å². The molecule has 0 amide bonds. The number of hydrogen-bond acceptors (Lipinski definition) is 3. The molecule has 4 nitrogen and oxygen atoms in total. The Bertz CT molecular complexity index is 441. The number of nitrogens with zero attached hydrogens (tertiary/aromatic N) is 2. The molecule has 1 fully saturated rings. The molecule has 0 aliphatic heterocycles. The summed E-state index contributed by atoms with van der Waals surface area (Å²) in [6.45, 7) is 1.89. The van der Waals surface area contributed by atoms with Crippen LogP contribution in [-0.2, 0) is 0 Å². The quantitative estimate of drug-likeness (QED) is 0.366. The number of hydrogen-bond donors (Lipinski definition) is 2. The fraction of sp³-hybridized carbons (Fsp3) is 0.588. The molecule has 0 bridgehead atoms. The standard InChI is InChI=1S/C17H27N3O/c1-20(12-14-8-4-2-5-9-14)13-16(17(18)19-21)15-10-6-3-7-11-15/h3,6-7,10-11,14,16,21H,2,4-5,8-9,12-13H2,1H3,(H2,18,19). The maximum Gasteiger partial charge on any atom is 0.147 e. The van der Waals surface area contributed by atoms with Crippen molar-refractivity contribution in [3.8, 4) is 0 Å². The van der Waals surface area contributed by atoms with Crippen molar-refractivity contribution in [2.45, 2.75) is 38.0 Å². The van der Waals surface area contributed by atoms with Crippen LogP contribution in [-0.4, -0.2) is 36.1 Å². The number of amidine groups is 1. The van der Waals surface area contributed by atoms with Gasteiger partial charge in [0.05, 0.1) is 5.92 Å². The molecule has 0 heterocycles. The molecule has 4 heteroatoms. The number of rotatable bonds is 6. The topological polar surface area (TPSA) is 61.8 Å². The van der Waals surface area contributed by atoms with Crippen LogP contribution in [0.15, 0.2) is 35.5 Å². The van der Waals surface area contributed by atoms with E-state index in [1.807, 2.05) is 30.3 Å². The molecule has 3 N–H and O–H groups in total. The molecule has 21 heavy (non-hydrogen) atoms. The molecule has 2 rings (SSSR count). The zero-order valence-corrected chi connectivity index (χ0v) is 12.9. The summed E-state index contributed by atoms with van der Waals surface area (Å²) in [5, 5.41) is 12.3. The van der Waals surface area contributed by atoms with Gasteiger partial charge in [-0.05, 0) is 31.4 Å². The lowest BCUT2D eigenvalue weighted by atomic mass is 9.88. The highest BCUT2D eigenvalue weighted by Crippen LogP contribution is 2.25. The van der Waals surface area contributed by atoms with E-state index in [0.717, 1.165) is 24.6 Å². The molecule has 1 atom stereocenters. The minimum atomic E-state index is -0.0511. The average molecular weight is 289 g/mol. The number of oxime groups is 1. The fourth-order valence-electron chi connectivity index (χ4n) is 3.32. The second-order valence-electron chi connectivity index (χ2n) is 6.21. The lowest BCUT2D eigenvalue weighted by Gasteiger charge is -2.29. The Balaban J connectivity index is 1.98. The first kappa shape index (κ1) is 15.8. The van der Waals surface area contributed by atoms with Crippen LogP contribution in [0.25, 0.3) is 0 Å². The van der Waals surface area contributed by atoms with E-state index in [-0.39, 0.29) is 11.8 Å². The van der Waals surface area contributed by atoms with Crippen LogP contribution in [0.3, 0.4) is 0 Å². The van der Waals surface area contributed by atoms with E-state index >= 15 is 0 Å². The molecular weight excluding hydrogens is 262 g/mol. The second-order valence-corrected chi connectivity index (χ2v) is 6.21. The van der Waals surface area contributed by atoms with Gasteiger partial charge < -0.3 is 15.8 Å². The molecule has 1 aromatic carbocycles. The minimum Gasteiger partial charge on any atom is -0.409 e. The lowest BCUT2D eigenvalue weighted by Crippen LogP contribution is -2.35. The van der Waals surface area contributed by atoms with E-state index in [2.05, 4.69) is 17.1 Å². The van der Waals surface area contributed by atoms with E-state index in [1.165, 1.54) is 32.1 Å². The minimum absolute atomic E-state index is 0.0511. The number of likely N-dealkylation sites (N-methyl/N-ethyl adjacent to an activating group) is 1. The third kappa shape index (κ3) is 4.74. The van der Waals surface area contributed by atoms with Gasteiger partial charge in [-0.15, -0.1) is 0 Å². The first-order valence-corrected chi connectivity index (χ1v) is 7.91. The molecule has 0 radical (unpaired) electrons. The fourth-order valence-corrected chi connectivity index (χ4v) is 3.32. The average Bonchev–Trinajstić information content (AvgIpc) is 2.53. The normalized spacial score (nSPS) is 18.9. The Morgan fingerprint density at radius 3 is 2.57 bits per heavy atom. The molecule has 0 spiro atoms. The monoisotopic (exact) mass is 289 g/mol. The molecule has 1 unspecified atom stereocenters. The zero-order valence-electron chi connectivity index (χ0n) is 12.9. The summed E-state index contributed by atoms with van der Waals surface area (Å²) >= 11 is 0. The molecule has 1 aromatic rings. The van der Waals surface area contributed by atoms with Gasteiger partial charge in [-0.2, -0.15) is 0 Å². The zero-order chi connectivity index (χ0) is 15.1. The van der Waals surface area contributed by atoms with Crippen molar-refractivity contribution in [1.82, 2.24) is 4.90 Å². The molecule has 1 saturated carbocycles. The Kier molecular flexibility index (Phi) is 6.05. The third-order valence-electron chi connectivity index (χ3n) is 4.46. The summed E-state index contributed by atoms with van der Waals surface area (Å²) in [6.07, 6.45) is 6.78. The van der Waals surface area contributed by atoms with Crippen LogP contribution in [0.5, 0.6) is 0 Å². The van der Waals surface area contributed by atoms with Crippen molar-refractivity contribution < 1.29 is 5.21 Å². The number of nitrogens with two attached hydrogens (primary N) is 1. The summed E-state index contributed by atoms with van der Waals surface area (Å²) in [4.78, 5) is 2.33. The van der Waals surface area contributed by atoms with Gasteiger partial charge in [0.25, 0.3) is 0 Å². The van der Waals surface area contributed by atoms with Gasteiger partial charge in [-0.1, -0.05) is 54.8 Å². The predicted molar refractivity (Wildman–Crippen MR) is 86.7 cm³/mol. The van der Waals surface area contributed by atoms with Crippen molar-refractivity contribution >= 4 is 5.84 Å². The van der Waals surface area contributed by atoms with Crippen molar-refractivity contribution in [2.24, 2.45) is 16.8 Å². The Morgan fingerprint density at radius 2 is 1.95 bits per heavy atom. The van der Waals surface area contributed by atoms with Crippen LogP contribution in [0.2, 0.25) is 0 Å². The number of benzene rings is 1. The molecule has 0 saturated heterocycles. The highest BCUT2D eigenvalue weighted by molar-refractivity contribution is 5.87. The van der Waals surface area contributed by atoms with E-state index in [1.54, 1.807) is 0 Å². The maximum atomic E-state index is 9.05. The van der Waals surface area contributed by atoms with Crippen LogP contribution < -0.4 is 5.73 Å². The summed E-state index contributed by atoms with van der Waals surface area (Å²) in [7, 11) is 2.13. The van der Waals surface area contributed by atoms with Gasteiger partial charge in [0.1, 0.15) is 5.84 Å². The van der Waals surface area contributed by atoms with E-state index in [0.29, 0.717) is 0 Å². The van der Waals surface area contributed by atoms with Gasteiger partial charge >= 0.3 is 0 Å². The highest BCUT2D eigenvalue weighted by Gasteiger charge is 2.21. The van der Waals surface area contributed by atoms with Crippen LogP contribution >= 0.6 is 0 Å². The van der Waals surface area contributed by atoms with Gasteiger partial charge in [-0.3, -0.25) is 0 Å². The molecule has 116 valence electrons. The maximum absolute atomic E-state index is 9.05. The van der Waals surface area contributed by atoms with Crippen LogP contribution in [0.1, 0.15) is 43.6 Å². The van der Waals surface area contributed by atoms with E-state index in [4.69, 9.17) is 10.9 Å². The van der Waals surface area contributed by atoms with Crippen molar-refractivity contribution in [3.05, 3.63) is 35.9 Å². The summed E-state index contributed by atoms with van der Waals surface area (Å²) in [5.74, 6) is 1.04. The summed E-state index contributed by atoms with van der Waals surface area (Å²) in [5.41, 5.74) is 7.00. The Labute approximate surface area is 127 Å². The van der Waals surface area contributed by atoms with Crippen molar-refractivity contribution in [3.63, 3.8) is 0 Å². The first-order chi connectivity index (χ1) is 10.2. The summed E-state index contributed by atoms with van der Waals surface area (Å²) in [6, 6.07) is 10.1. The third-order valence-corrected chi connectivity index (χ3v) is 4.46. The molecular formula is C17H27N3O. The smallest absolute Gasteiger partial charge is 0.147 e. The van der Waals surface area contributed by atoms with E-state index < -0.39 is 0 Å². The highest BCUT2D eigenvalue weighted by atomic mass is 16.4. The molecule has 1 aliphatic rings. The second kappa shape index (κ2) is 8.03. The van der Waals surface area contributed by atoms with Crippen molar-refractivity contribution in [1.29, 1.82) is 0 Å². The lowest BCUT2D eigenvalue weighted by molar-refractivity contribution is 0.230. The van der Waals surface area contributed by atoms with Crippen LogP contribution in [0, 0.1) is 5.92 Å². The largest absolute Gasteiger partial charge is 0.409 e. The molecule has 1 aliphatic carbocycles. The SMILES string of the molecule is CN(CC1CCCCC1)CC(C(N)=NO)c1ccccc1. The van der Waals surface area contributed by atoms with Gasteiger partial charge in [0.15, 0.2) is 0 Å². The Hall–Kier alpha value is -1.55. The van der Waals surface area contributed by atoms with Gasteiger partial charge in [0, 0.05) is 13.1 Å². The van der Waals surface area contributed by atoms with Crippen LogP contribution in [0.4, 0.5) is 0 Å².